The Bertz CT molecular complexity index is 938. The molecule has 0 aromatic heterocycles. The molecule has 0 spiro atoms. The van der Waals surface area contributed by atoms with Crippen molar-refractivity contribution in [3.8, 4) is 12.8 Å². The maximum absolute atomic E-state index is 14.3. The summed E-state index contributed by atoms with van der Waals surface area (Å²) < 4.78 is 14.3. The zero-order valence-electron chi connectivity index (χ0n) is 17.3. The number of hydrogen-bond donors (Lipinski definition) is 4. The number of rotatable bonds is 7. The van der Waals surface area contributed by atoms with Gasteiger partial charge in [-0.05, 0) is 54.2 Å². The van der Waals surface area contributed by atoms with Gasteiger partial charge in [0.2, 0.25) is 0 Å². The lowest BCUT2D eigenvalue weighted by molar-refractivity contribution is 0.0314. The second-order valence-electron chi connectivity index (χ2n) is 6.81. The van der Waals surface area contributed by atoms with Crippen LogP contribution in [0.25, 0.3) is 0 Å². The molecule has 1 fully saturated rings. The van der Waals surface area contributed by atoms with E-state index in [-0.39, 0.29) is 18.3 Å². The van der Waals surface area contributed by atoms with Crippen LogP contribution < -0.4 is 16.1 Å². The number of anilines is 2. The van der Waals surface area contributed by atoms with Gasteiger partial charge in [0.1, 0.15) is 5.82 Å². The number of hydroxylamine groups is 1. The van der Waals surface area contributed by atoms with Gasteiger partial charge in [-0.3, -0.25) is 14.4 Å². The van der Waals surface area contributed by atoms with Gasteiger partial charge >= 0.3 is 0 Å². The van der Waals surface area contributed by atoms with Gasteiger partial charge in [0, 0.05) is 30.4 Å². The summed E-state index contributed by atoms with van der Waals surface area (Å²) in [5.41, 5.74) is 5.87. The molecule has 0 radical (unpaired) electrons. The number of fused-ring (bicyclic) bond motifs is 1. The summed E-state index contributed by atoms with van der Waals surface area (Å²) >= 11 is 0. The predicted octanol–water partition coefficient (Wildman–Crippen LogP) is 2.88. The van der Waals surface area contributed by atoms with Gasteiger partial charge in [0.15, 0.2) is 6.29 Å². The van der Waals surface area contributed by atoms with E-state index in [1.165, 1.54) is 0 Å². The first-order valence-corrected chi connectivity index (χ1v) is 9.76. The third kappa shape index (κ3) is 6.36. The van der Waals surface area contributed by atoms with Crippen molar-refractivity contribution in [1.29, 1.82) is 0 Å². The minimum Gasteiger partial charge on any atom is -0.394 e. The van der Waals surface area contributed by atoms with Crippen LogP contribution in [0.3, 0.4) is 0 Å². The van der Waals surface area contributed by atoms with E-state index in [0.29, 0.717) is 47.9 Å². The number of aldehydes is 1. The predicted molar refractivity (Wildman–Crippen MR) is 117 cm³/mol. The number of halogens is 1. The molecule has 1 amide bonds. The number of hydrogen-bond acceptors (Lipinski definition) is 6. The van der Waals surface area contributed by atoms with Crippen molar-refractivity contribution in [2.24, 2.45) is 0 Å². The summed E-state index contributed by atoms with van der Waals surface area (Å²) in [5.74, 6) is -0.0472. The van der Waals surface area contributed by atoms with Crippen LogP contribution in [0.1, 0.15) is 50.6 Å². The van der Waals surface area contributed by atoms with Crippen LogP contribution in [0.2, 0.25) is 0 Å². The molecule has 164 valence electrons. The largest absolute Gasteiger partial charge is 0.394 e. The molecule has 0 saturated heterocycles. The molecular formula is C23H26FN3O4. The smallest absolute Gasteiger partial charge is 0.251 e. The minimum atomic E-state index is -0.351. The molecule has 31 heavy (non-hydrogen) atoms. The molecule has 1 aliphatic heterocycles. The van der Waals surface area contributed by atoms with E-state index in [1.807, 2.05) is 6.07 Å². The van der Waals surface area contributed by atoms with Crippen LogP contribution in [0, 0.1) is 18.7 Å². The zero-order chi connectivity index (χ0) is 22.8. The number of nitrogens with one attached hydrogen (secondary N) is 3. The van der Waals surface area contributed by atoms with Crippen molar-refractivity contribution < 1.29 is 23.9 Å². The van der Waals surface area contributed by atoms with E-state index < -0.39 is 0 Å². The highest BCUT2D eigenvalue weighted by Crippen LogP contribution is 2.41. The van der Waals surface area contributed by atoms with E-state index >= 15 is 0 Å². The average Bonchev–Trinajstić information content (AvgIpc) is 3.59. The van der Waals surface area contributed by atoms with Crippen LogP contribution in [0.4, 0.5) is 15.8 Å². The fraction of sp³-hybridized carbons (Fsp3) is 0.304. The normalized spacial score (nSPS) is 13.6. The Morgan fingerprint density at radius 2 is 2.00 bits per heavy atom. The molecule has 2 aromatic rings. The van der Waals surface area contributed by atoms with Gasteiger partial charge < -0.3 is 15.7 Å². The fourth-order valence-electron chi connectivity index (χ4n) is 3.09. The third-order valence-corrected chi connectivity index (χ3v) is 4.74. The summed E-state index contributed by atoms with van der Waals surface area (Å²) in [6.07, 6.45) is 10.9. The first kappa shape index (κ1) is 24.0. The summed E-state index contributed by atoms with van der Waals surface area (Å²) in [6, 6.07) is 8.41. The molecule has 8 heteroatoms. The van der Waals surface area contributed by atoms with Gasteiger partial charge in [0.05, 0.1) is 18.9 Å². The van der Waals surface area contributed by atoms with Crippen LogP contribution in [-0.2, 0) is 11.4 Å². The average molecular weight is 427 g/mol. The quantitative estimate of drug-likeness (QED) is 0.235. The topological polar surface area (TPSA) is 99.7 Å². The Kier molecular flexibility index (Phi) is 9.15. The minimum absolute atomic E-state index is 0.0703. The van der Waals surface area contributed by atoms with Crippen LogP contribution in [0.15, 0.2) is 30.3 Å². The van der Waals surface area contributed by atoms with Crippen molar-refractivity contribution in [3.63, 3.8) is 0 Å². The molecule has 0 bridgehead atoms. The number of terminal acetylenes is 1. The monoisotopic (exact) mass is 427 g/mol. The summed E-state index contributed by atoms with van der Waals surface area (Å²) in [4.78, 5) is 27.5. The zero-order valence-corrected chi connectivity index (χ0v) is 17.3. The second-order valence-corrected chi connectivity index (χ2v) is 6.81. The van der Waals surface area contributed by atoms with Crippen LogP contribution in [0.5, 0.6) is 0 Å². The van der Waals surface area contributed by atoms with Gasteiger partial charge in [0.25, 0.3) is 5.91 Å². The lowest BCUT2D eigenvalue weighted by atomic mass is 10.0. The van der Waals surface area contributed by atoms with E-state index in [2.05, 4.69) is 33.8 Å². The summed E-state index contributed by atoms with van der Waals surface area (Å²) in [7, 11) is 1.65. The first-order valence-electron chi connectivity index (χ1n) is 9.76. The fourth-order valence-corrected chi connectivity index (χ4v) is 3.09. The molecule has 4 rings (SSSR count). The number of aliphatic hydroxyl groups excluding tert-OH is 1. The Morgan fingerprint density at radius 3 is 2.55 bits per heavy atom. The molecule has 7 nitrogen and oxygen atoms in total. The standard InChI is InChI=1S/C18H15FN2O2.C3H9NO2.C2H2/c19-15-6-11(10-1-2-10)3-4-16(15)21-17-7-14-12(5-13(17)9-22)8-20-18(14)23;1-4-6-3-2-5;1-2/h3-7,9-10,21H,1-2,8H2,(H,20,23);4-5H,2-3H2,1H3;1-2H. The lowest BCUT2D eigenvalue weighted by Crippen LogP contribution is -2.12. The number of aliphatic hydroxyl groups is 1. The molecule has 0 atom stereocenters. The number of carbonyl (C=O) groups excluding carboxylic acids is 2. The van der Waals surface area contributed by atoms with E-state index in [1.54, 1.807) is 31.3 Å². The Labute approximate surface area is 181 Å². The van der Waals surface area contributed by atoms with E-state index in [9.17, 15) is 14.0 Å². The van der Waals surface area contributed by atoms with Crippen molar-refractivity contribution in [1.82, 2.24) is 10.8 Å². The van der Waals surface area contributed by atoms with Gasteiger partial charge in [-0.25, -0.2) is 9.87 Å². The molecule has 4 N–H and O–H groups in total. The molecule has 1 aliphatic carbocycles. The first-order chi connectivity index (χ1) is 15.1. The van der Waals surface area contributed by atoms with E-state index in [0.717, 1.165) is 24.0 Å². The number of amides is 1. The SMILES string of the molecule is C#C.CNOCCO.O=Cc1cc2c(cc1Nc1ccc(C3CC3)cc1F)C(=O)NC2. The highest BCUT2D eigenvalue weighted by molar-refractivity contribution is 6.01. The summed E-state index contributed by atoms with van der Waals surface area (Å²) in [6.45, 7) is 0.844. The maximum Gasteiger partial charge on any atom is 0.251 e. The lowest BCUT2D eigenvalue weighted by Gasteiger charge is -2.12. The Morgan fingerprint density at radius 1 is 1.26 bits per heavy atom. The summed E-state index contributed by atoms with van der Waals surface area (Å²) in [5, 5.41) is 13.7. The van der Waals surface area contributed by atoms with Crippen LogP contribution >= 0.6 is 0 Å². The molecule has 1 heterocycles. The molecule has 2 aromatic carbocycles. The molecular weight excluding hydrogens is 401 g/mol. The Balaban J connectivity index is 0.000000372. The molecule has 1 saturated carbocycles. The van der Waals surface area contributed by atoms with Crippen molar-refractivity contribution in [3.05, 3.63) is 58.4 Å². The van der Waals surface area contributed by atoms with Crippen molar-refractivity contribution >= 4 is 23.6 Å². The second kappa shape index (κ2) is 11.8. The molecule has 0 unspecified atom stereocenters. The molecule has 2 aliphatic rings. The van der Waals surface area contributed by atoms with Crippen LogP contribution in [-0.4, -0.2) is 37.6 Å². The Hall–Kier alpha value is -3.25. The highest BCUT2D eigenvalue weighted by Gasteiger charge is 2.25. The highest BCUT2D eigenvalue weighted by atomic mass is 19.1. The van der Waals surface area contributed by atoms with E-state index in [4.69, 9.17) is 5.11 Å². The number of carbonyl (C=O) groups is 2. The van der Waals surface area contributed by atoms with Gasteiger partial charge in [-0.2, -0.15) is 0 Å². The number of benzene rings is 2. The van der Waals surface area contributed by atoms with Crippen molar-refractivity contribution in [2.45, 2.75) is 25.3 Å². The van der Waals surface area contributed by atoms with Crippen molar-refractivity contribution in [2.75, 3.05) is 25.6 Å². The van der Waals surface area contributed by atoms with Gasteiger partial charge in [-0.15, -0.1) is 12.8 Å². The van der Waals surface area contributed by atoms with Gasteiger partial charge in [-0.1, -0.05) is 6.07 Å². The maximum atomic E-state index is 14.3. The third-order valence-electron chi connectivity index (χ3n) is 4.74.